The number of halogens is 3. The van der Waals surface area contributed by atoms with Crippen molar-refractivity contribution in [2.24, 2.45) is 0 Å². The molecule has 1 N–H and O–H groups in total. The van der Waals surface area contributed by atoms with Gasteiger partial charge in [-0.3, -0.25) is 5.32 Å². The third-order valence-electron chi connectivity index (χ3n) is 1.32. The average molecular weight is 166 g/mol. The Bertz CT molecular complexity index is 170. The van der Waals surface area contributed by atoms with Crippen molar-refractivity contribution in [2.75, 3.05) is 6.54 Å². The van der Waals surface area contributed by atoms with Crippen LogP contribution in [0.3, 0.4) is 0 Å². The Labute approximate surface area is 63.0 Å². The monoisotopic (exact) mass is 166 g/mol. The van der Waals surface area contributed by atoms with Crippen LogP contribution in [0.15, 0.2) is 0 Å². The molecule has 0 aromatic rings. The van der Waals surface area contributed by atoms with Crippen LogP contribution in [0.1, 0.15) is 13.8 Å². The van der Waals surface area contributed by atoms with E-state index in [1.165, 1.54) is 13.0 Å². The maximum atomic E-state index is 12.0. The Kier molecular flexibility index (Phi) is 2.88. The number of alkyl halides is 3. The zero-order chi connectivity index (χ0) is 9.12. The fourth-order valence-electron chi connectivity index (χ4n) is 0.557. The molecular weight excluding hydrogens is 157 g/mol. The first-order chi connectivity index (χ1) is 4.87. The van der Waals surface area contributed by atoms with E-state index < -0.39 is 11.7 Å². The van der Waals surface area contributed by atoms with Crippen LogP contribution >= 0.6 is 0 Å². The van der Waals surface area contributed by atoms with Crippen molar-refractivity contribution >= 4 is 0 Å². The molecule has 0 aliphatic heterocycles. The van der Waals surface area contributed by atoms with E-state index in [4.69, 9.17) is 5.26 Å². The summed E-state index contributed by atoms with van der Waals surface area (Å²) < 4.78 is 36.0. The molecule has 0 spiro atoms. The highest BCUT2D eigenvalue weighted by molar-refractivity contribution is 5.08. The smallest absolute Gasteiger partial charge is 0.292 e. The minimum atomic E-state index is -4.52. The minimum Gasteiger partial charge on any atom is -0.292 e. The molecule has 0 radical (unpaired) electrons. The minimum absolute atomic E-state index is 0.115. The fraction of sp³-hybridized carbons (Fsp3) is 0.833. The van der Waals surface area contributed by atoms with Crippen LogP contribution in [0.25, 0.3) is 0 Å². The molecule has 1 unspecified atom stereocenters. The second-order valence-electron chi connectivity index (χ2n) is 2.26. The van der Waals surface area contributed by atoms with Crippen molar-refractivity contribution in [3.8, 4) is 6.07 Å². The van der Waals surface area contributed by atoms with Crippen LogP contribution in [0.5, 0.6) is 0 Å². The molecule has 0 aliphatic rings. The van der Waals surface area contributed by atoms with Gasteiger partial charge in [-0.05, 0) is 13.5 Å². The van der Waals surface area contributed by atoms with E-state index in [0.29, 0.717) is 0 Å². The zero-order valence-electron chi connectivity index (χ0n) is 6.29. The molecule has 0 aliphatic carbocycles. The molecule has 0 saturated carbocycles. The zero-order valence-corrected chi connectivity index (χ0v) is 6.29. The molecule has 0 aromatic heterocycles. The molecule has 2 nitrogen and oxygen atoms in total. The lowest BCUT2D eigenvalue weighted by Crippen LogP contribution is -2.53. The predicted molar refractivity (Wildman–Crippen MR) is 33.7 cm³/mol. The molecule has 0 aromatic carbocycles. The lowest BCUT2D eigenvalue weighted by molar-refractivity contribution is -0.173. The van der Waals surface area contributed by atoms with Gasteiger partial charge in [-0.25, -0.2) is 0 Å². The summed E-state index contributed by atoms with van der Waals surface area (Å²) in [5.41, 5.74) is -2.41. The van der Waals surface area contributed by atoms with Gasteiger partial charge in [-0.15, -0.1) is 0 Å². The first-order valence-electron chi connectivity index (χ1n) is 3.10. The number of hydrogen-bond donors (Lipinski definition) is 1. The molecule has 0 heterocycles. The van der Waals surface area contributed by atoms with Gasteiger partial charge in [-0.1, -0.05) is 6.92 Å². The Hall–Kier alpha value is -0.760. The van der Waals surface area contributed by atoms with E-state index in [0.717, 1.165) is 6.92 Å². The normalized spacial score (nSPS) is 17.1. The largest absolute Gasteiger partial charge is 0.419 e. The van der Waals surface area contributed by atoms with E-state index >= 15 is 0 Å². The molecule has 0 amide bonds. The summed E-state index contributed by atoms with van der Waals surface area (Å²) in [5, 5.41) is 10.3. The second-order valence-corrected chi connectivity index (χ2v) is 2.26. The van der Waals surface area contributed by atoms with Crippen LogP contribution in [0, 0.1) is 11.3 Å². The Morgan fingerprint density at radius 2 is 1.91 bits per heavy atom. The second kappa shape index (κ2) is 3.09. The van der Waals surface area contributed by atoms with Crippen LogP contribution < -0.4 is 5.32 Å². The summed E-state index contributed by atoms with van der Waals surface area (Å²) in [6.07, 6.45) is -4.52. The topological polar surface area (TPSA) is 35.8 Å². The van der Waals surface area contributed by atoms with Gasteiger partial charge in [0, 0.05) is 0 Å². The lowest BCUT2D eigenvalue weighted by Gasteiger charge is -2.24. The Morgan fingerprint density at radius 1 is 1.45 bits per heavy atom. The van der Waals surface area contributed by atoms with Crippen molar-refractivity contribution in [1.29, 1.82) is 5.26 Å². The number of nitrogens with zero attached hydrogens (tertiary/aromatic N) is 1. The predicted octanol–water partition coefficient (Wildman–Crippen LogP) is 1.44. The van der Waals surface area contributed by atoms with E-state index in [1.54, 1.807) is 0 Å². The van der Waals surface area contributed by atoms with Crippen LogP contribution in [0.4, 0.5) is 13.2 Å². The number of nitrogens with one attached hydrogen (secondary N) is 1. The van der Waals surface area contributed by atoms with Gasteiger partial charge in [0.05, 0.1) is 6.07 Å². The maximum Gasteiger partial charge on any atom is 0.419 e. The van der Waals surface area contributed by atoms with Crippen LogP contribution in [0.2, 0.25) is 0 Å². The highest BCUT2D eigenvalue weighted by Gasteiger charge is 2.51. The van der Waals surface area contributed by atoms with Gasteiger partial charge < -0.3 is 0 Å². The number of nitriles is 1. The first kappa shape index (κ1) is 10.2. The molecule has 0 saturated heterocycles. The van der Waals surface area contributed by atoms with Gasteiger partial charge >= 0.3 is 6.18 Å². The summed E-state index contributed by atoms with van der Waals surface area (Å²) in [4.78, 5) is 0. The number of rotatable bonds is 2. The van der Waals surface area contributed by atoms with E-state index in [1.807, 2.05) is 0 Å². The van der Waals surface area contributed by atoms with Crippen molar-refractivity contribution in [1.82, 2.24) is 5.32 Å². The van der Waals surface area contributed by atoms with Crippen molar-refractivity contribution in [2.45, 2.75) is 25.6 Å². The highest BCUT2D eigenvalue weighted by Crippen LogP contribution is 2.28. The first-order valence-corrected chi connectivity index (χ1v) is 3.10. The van der Waals surface area contributed by atoms with Crippen molar-refractivity contribution < 1.29 is 13.2 Å². The summed E-state index contributed by atoms with van der Waals surface area (Å²) in [5.74, 6) is 0. The number of hydrogen-bond acceptors (Lipinski definition) is 2. The van der Waals surface area contributed by atoms with E-state index in [9.17, 15) is 13.2 Å². The summed E-state index contributed by atoms with van der Waals surface area (Å²) in [6.45, 7) is 2.45. The fourth-order valence-corrected chi connectivity index (χ4v) is 0.557. The molecule has 0 fully saturated rings. The summed E-state index contributed by atoms with van der Waals surface area (Å²) in [6, 6.07) is 1.18. The van der Waals surface area contributed by atoms with Crippen LogP contribution in [-0.2, 0) is 0 Å². The Balaban J connectivity index is 4.50. The molecule has 0 bridgehead atoms. The maximum absolute atomic E-state index is 12.0. The third-order valence-corrected chi connectivity index (χ3v) is 1.32. The summed E-state index contributed by atoms with van der Waals surface area (Å²) in [7, 11) is 0. The molecule has 5 heteroatoms. The van der Waals surface area contributed by atoms with Gasteiger partial charge in [0.2, 0.25) is 0 Å². The lowest BCUT2D eigenvalue weighted by atomic mass is 10.0. The van der Waals surface area contributed by atoms with Gasteiger partial charge in [0.25, 0.3) is 0 Å². The molecular formula is C6H9F3N2. The Morgan fingerprint density at radius 3 is 2.00 bits per heavy atom. The van der Waals surface area contributed by atoms with E-state index in [-0.39, 0.29) is 6.54 Å². The van der Waals surface area contributed by atoms with Gasteiger partial charge in [-0.2, -0.15) is 18.4 Å². The van der Waals surface area contributed by atoms with Crippen molar-refractivity contribution in [3.63, 3.8) is 0 Å². The molecule has 1 atom stereocenters. The average Bonchev–Trinajstić information content (AvgIpc) is 1.86. The highest BCUT2D eigenvalue weighted by atomic mass is 19.4. The SMILES string of the molecule is CCNC(C)(C#N)C(F)(F)F. The molecule has 0 rings (SSSR count). The molecule has 64 valence electrons. The van der Waals surface area contributed by atoms with E-state index in [2.05, 4.69) is 5.32 Å². The molecule has 11 heavy (non-hydrogen) atoms. The van der Waals surface area contributed by atoms with Gasteiger partial charge in [0.1, 0.15) is 0 Å². The summed E-state index contributed by atoms with van der Waals surface area (Å²) >= 11 is 0. The standard InChI is InChI=1S/C6H9F3N2/c1-3-11-5(2,4-10)6(7,8)9/h11H,3H2,1-2H3. The van der Waals surface area contributed by atoms with Gasteiger partial charge in [0.15, 0.2) is 5.54 Å². The van der Waals surface area contributed by atoms with Crippen molar-refractivity contribution in [3.05, 3.63) is 0 Å². The quantitative estimate of drug-likeness (QED) is 0.673. The third kappa shape index (κ3) is 2.09. The van der Waals surface area contributed by atoms with Crippen LogP contribution in [-0.4, -0.2) is 18.3 Å².